The van der Waals surface area contributed by atoms with Crippen LogP contribution in [0, 0.1) is 5.82 Å². The van der Waals surface area contributed by atoms with E-state index in [9.17, 15) is 9.18 Å². The van der Waals surface area contributed by atoms with Gasteiger partial charge in [0.1, 0.15) is 17.3 Å². The van der Waals surface area contributed by atoms with Crippen LogP contribution in [0.4, 0.5) is 4.39 Å². The Hall–Kier alpha value is -3.22. The van der Waals surface area contributed by atoms with E-state index < -0.39 is 0 Å². The molecule has 4 rings (SSSR count). The SMILES string of the molecule is O=C(c1cccc(Oc2ccc(F)cc2)c1)N1CC[C@H](n2ccnn2)C1. The molecule has 0 aliphatic carbocycles. The molecule has 7 heteroatoms. The molecule has 1 aliphatic rings. The van der Waals surface area contributed by atoms with Crippen molar-refractivity contribution < 1.29 is 13.9 Å². The number of likely N-dealkylation sites (tertiary alicyclic amines) is 1. The number of amides is 1. The number of hydrogen-bond acceptors (Lipinski definition) is 4. The van der Waals surface area contributed by atoms with E-state index in [0.717, 1.165) is 6.42 Å². The third-order valence-electron chi connectivity index (χ3n) is 4.40. The lowest BCUT2D eigenvalue weighted by Crippen LogP contribution is -2.29. The predicted molar refractivity (Wildman–Crippen MR) is 92.5 cm³/mol. The molecule has 1 atom stereocenters. The summed E-state index contributed by atoms with van der Waals surface area (Å²) in [6.45, 7) is 1.28. The third kappa shape index (κ3) is 3.42. The maximum Gasteiger partial charge on any atom is 0.254 e. The zero-order chi connectivity index (χ0) is 17.9. The zero-order valence-corrected chi connectivity index (χ0v) is 14.0. The molecule has 1 fully saturated rings. The van der Waals surface area contributed by atoms with Crippen molar-refractivity contribution in [1.82, 2.24) is 19.9 Å². The first-order chi connectivity index (χ1) is 12.7. The topological polar surface area (TPSA) is 60.2 Å². The van der Waals surface area contributed by atoms with Gasteiger partial charge in [0.15, 0.2) is 0 Å². The Bertz CT molecular complexity index is 896. The molecule has 6 nitrogen and oxygen atoms in total. The molecule has 0 bridgehead atoms. The van der Waals surface area contributed by atoms with Gasteiger partial charge in [0.25, 0.3) is 5.91 Å². The van der Waals surface area contributed by atoms with Gasteiger partial charge in [-0.05, 0) is 48.9 Å². The van der Waals surface area contributed by atoms with E-state index in [1.807, 2.05) is 11.1 Å². The number of carbonyl (C=O) groups excluding carboxylic acids is 1. The van der Waals surface area contributed by atoms with E-state index in [-0.39, 0.29) is 17.8 Å². The first-order valence-corrected chi connectivity index (χ1v) is 8.37. The highest BCUT2D eigenvalue weighted by Gasteiger charge is 2.28. The van der Waals surface area contributed by atoms with Crippen LogP contribution in [-0.4, -0.2) is 38.9 Å². The molecule has 0 unspecified atom stereocenters. The Morgan fingerprint density at radius 1 is 1.15 bits per heavy atom. The number of halogens is 1. The molecule has 0 radical (unpaired) electrons. The quantitative estimate of drug-likeness (QED) is 0.723. The molecule has 2 heterocycles. The highest BCUT2D eigenvalue weighted by atomic mass is 19.1. The molecule has 0 spiro atoms. The van der Waals surface area contributed by atoms with Crippen molar-refractivity contribution in [2.75, 3.05) is 13.1 Å². The van der Waals surface area contributed by atoms with Crippen LogP contribution in [0.1, 0.15) is 22.8 Å². The Labute approximate surface area is 149 Å². The molecule has 0 N–H and O–H groups in total. The molecule has 3 aromatic rings. The minimum Gasteiger partial charge on any atom is -0.457 e. The van der Waals surface area contributed by atoms with Crippen molar-refractivity contribution in [2.45, 2.75) is 12.5 Å². The van der Waals surface area contributed by atoms with Crippen LogP contribution in [0.2, 0.25) is 0 Å². The average Bonchev–Trinajstić information content (AvgIpc) is 3.35. The normalized spacial score (nSPS) is 16.7. The Morgan fingerprint density at radius 3 is 2.77 bits per heavy atom. The van der Waals surface area contributed by atoms with E-state index in [0.29, 0.717) is 30.2 Å². The lowest BCUT2D eigenvalue weighted by Gasteiger charge is -2.17. The van der Waals surface area contributed by atoms with Crippen LogP contribution in [-0.2, 0) is 0 Å². The summed E-state index contributed by atoms with van der Waals surface area (Å²) in [7, 11) is 0. The zero-order valence-electron chi connectivity index (χ0n) is 14.0. The molecule has 1 saturated heterocycles. The summed E-state index contributed by atoms with van der Waals surface area (Å²) >= 11 is 0. The fourth-order valence-electron chi connectivity index (χ4n) is 3.07. The smallest absolute Gasteiger partial charge is 0.254 e. The van der Waals surface area contributed by atoms with E-state index in [1.54, 1.807) is 47.3 Å². The van der Waals surface area contributed by atoms with Crippen LogP contribution in [0.15, 0.2) is 60.9 Å². The monoisotopic (exact) mass is 352 g/mol. The fraction of sp³-hybridized carbons (Fsp3) is 0.211. The van der Waals surface area contributed by atoms with Crippen LogP contribution < -0.4 is 4.74 Å². The van der Waals surface area contributed by atoms with Crippen molar-refractivity contribution in [3.63, 3.8) is 0 Å². The molecule has 2 aromatic carbocycles. The number of nitrogens with zero attached hydrogens (tertiary/aromatic N) is 4. The van der Waals surface area contributed by atoms with E-state index >= 15 is 0 Å². The summed E-state index contributed by atoms with van der Waals surface area (Å²) in [4.78, 5) is 14.6. The number of aromatic nitrogens is 3. The van der Waals surface area contributed by atoms with Crippen molar-refractivity contribution in [3.8, 4) is 11.5 Å². The van der Waals surface area contributed by atoms with Gasteiger partial charge in [0.2, 0.25) is 0 Å². The molecule has 26 heavy (non-hydrogen) atoms. The maximum atomic E-state index is 13.0. The largest absolute Gasteiger partial charge is 0.457 e. The van der Waals surface area contributed by atoms with Gasteiger partial charge in [0.05, 0.1) is 12.2 Å². The van der Waals surface area contributed by atoms with Gasteiger partial charge >= 0.3 is 0 Å². The van der Waals surface area contributed by atoms with Gasteiger partial charge in [-0.2, -0.15) is 0 Å². The summed E-state index contributed by atoms with van der Waals surface area (Å²) in [5.41, 5.74) is 0.559. The van der Waals surface area contributed by atoms with Crippen molar-refractivity contribution in [1.29, 1.82) is 0 Å². The predicted octanol–water partition coefficient (Wildman–Crippen LogP) is 3.30. The van der Waals surface area contributed by atoms with E-state index in [1.165, 1.54) is 12.1 Å². The summed E-state index contributed by atoms with van der Waals surface area (Å²) in [5, 5.41) is 7.84. The second-order valence-corrected chi connectivity index (χ2v) is 6.16. The van der Waals surface area contributed by atoms with E-state index in [2.05, 4.69) is 10.3 Å². The highest BCUT2D eigenvalue weighted by Crippen LogP contribution is 2.25. The second-order valence-electron chi connectivity index (χ2n) is 6.16. The minimum atomic E-state index is -0.322. The Morgan fingerprint density at radius 2 is 2.00 bits per heavy atom. The Kier molecular flexibility index (Phi) is 4.35. The standard InChI is InChI=1S/C19H17FN4O2/c20-15-4-6-17(7-5-15)26-18-3-1-2-14(12-18)19(25)23-10-8-16(13-23)24-11-9-21-22-24/h1-7,9,11-12,16H,8,10,13H2/t16-/m0/s1. The fourth-order valence-corrected chi connectivity index (χ4v) is 3.07. The highest BCUT2D eigenvalue weighted by molar-refractivity contribution is 5.94. The number of carbonyl (C=O) groups is 1. The second kappa shape index (κ2) is 6.95. The summed E-state index contributed by atoms with van der Waals surface area (Å²) in [6, 6.07) is 12.9. The molecule has 0 saturated carbocycles. The molecule has 132 valence electrons. The summed E-state index contributed by atoms with van der Waals surface area (Å²) in [6.07, 6.45) is 4.30. The maximum absolute atomic E-state index is 13.0. The van der Waals surface area contributed by atoms with Gasteiger partial charge in [-0.25, -0.2) is 9.07 Å². The van der Waals surface area contributed by atoms with Gasteiger partial charge in [-0.15, -0.1) is 5.10 Å². The lowest BCUT2D eigenvalue weighted by atomic mass is 10.2. The number of rotatable bonds is 4. The number of ether oxygens (including phenoxy) is 1. The average molecular weight is 352 g/mol. The van der Waals surface area contributed by atoms with Crippen molar-refractivity contribution in [2.24, 2.45) is 0 Å². The van der Waals surface area contributed by atoms with Crippen LogP contribution in [0.5, 0.6) is 11.5 Å². The van der Waals surface area contributed by atoms with Gasteiger partial charge in [-0.1, -0.05) is 11.3 Å². The first kappa shape index (κ1) is 16.3. The van der Waals surface area contributed by atoms with Gasteiger partial charge < -0.3 is 9.64 Å². The van der Waals surface area contributed by atoms with Gasteiger partial charge in [-0.3, -0.25) is 4.79 Å². The van der Waals surface area contributed by atoms with Crippen molar-refractivity contribution >= 4 is 5.91 Å². The lowest BCUT2D eigenvalue weighted by molar-refractivity contribution is 0.0786. The summed E-state index contributed by atoms with van der Waals surface area (Å²) < 4.78 is 20.5. The third-order valence-corrected chi connectivity index (χ3v) is 4.40. The van der Waals surface area contributed by atoms with Crippen LogP contribution >= 0.6 is 0 Å². The minimum absolute atomic E-state index is 0.0443. The molecule has 1 aromatic heterocycles. The van der Waals surface area contributed by atoms with Gasteiger partial charge in [0, 0.05) is 24.8 Å². The molecule has 1 aliphatic heterocycles. The number of hydrogen-bond donors (Lipinski definition) is 0. The van der Waals surface area contributed by atoms with Crippen molar-refractivity contribution in [3.05, 3.63) is 72.3 Å². The Balaban J connectivity index is 1.46. The van der Waals surface area contributed by atoms with Crippen LogP contribution in [0.25, 0.3) is 0 Å². The molecule has 1 amide bonds. The molecular formula is C19H17FN4O2. The molecular weight excluding hydrogens is 335 g/mol. The summed E-state index contributed by atoms with van der Waals surface area (Å²) in [5.74, 6) is 0.687. The first-order valence-electron chi connectivity index (χ1n) is 8.37. The number of benzene rings is 2. The van der Waals surface area contributed by atoms with Crippen LogP contribution in [0.3, 0.4) is 0 Å². The van der Waals surface area contributed by atoms with E-state index in [4.69, 9.17) is 4.74 Å².